The molecule has 1 atom stereocenters. The molecule has 1 saturated heterocycles. The molecule has 0 amide bonds. The van der Waals surface area contributed by atoms with E-state index in [4.69, 9.17) is 9.47 Å². The summed E-state index contributed by atoms with van der Waals surface area (Å²) in [6, 6.07) is 2.00. The molecule has 1 heterocycles. The molecule has 1 aromatic rings. The van der Waals surface area contributed by atoms with Crippen LogP contribution in [0.15, 0.2) is 17.0 Å². The fourth-order valence-electron chi connectivity index (χ4n) is 2.33. The Bertz CT molecular complexity index is 615. The molecule has 0 aromatic heterocycles. The maximum Gasteiger partial charge on any atom is 0.246 e. The fourth-order valence-corrected chi connectivity index (χ4v) is 3.78. The van der Waals surface area contributed by atoms with Gasteiger partial charge in [-0.2, -0.15) is 4.31 Å². The van der Waals surface area contributed by atoms with E-state index in [1.165, 1.54) is 25.6 Å². The second-order valence-corrected chi connectivity index (χ2v) is 6.77. The zero-order valence-corrected chi connectivity index (χ0v) is 13.0. The highest BCUT2D eigenvalue weighted by Crippen LogP contribution is 2.33. The first-order valence-corrected chi connectivity index (χ1v) is 7.96. The number of benzene rings is 1. The molecule has 0 radical (unpaired) electrons. The van der Waals surface area contributed by atoms with Crippen molar-refractivity contribution in [2.45, 2.75) is 17.4 Å². The van der Waals surface area contributed by atoms with Crippen LogP contribution in [0.5, 0.6) is 11.5 Å². The number of rotatable bonds is 5. The molecular formula is C13H19FN2O4S. The van der Waals surface area contributed by atoms with E-state index in [0.29, 0.717) is 13.0 Å². The van der Waals surface area contributed by atoms with Crippen LogP contribution in [0, 0.1) is 5.82 Å². The number of sulfonamides is 1. The number of nitrogens with zero attached hydrogens (tertiary/aromatic N) is 1. The van der Waals surface area contributed by atoms with Crippen LogP contribution in [0.2, 0.25) is 0 Å². The van der Waals surface area contributed by atoms with Crippen molar-refractivity contribution in [2.75, 3.05) is 34.4 Å². The van der Waals surface area contributed by atoms with Crippen LogP contribution in [0.1, 0.15) is 6.42 Å². The monoisotopic (exact) mass is 318 g/mol. The van der Waals surface area contributed by atoms with E-state index in [1.54, 1.807) is 0 Å². The Morgan fingerprint density at radius 3 is 2.43 bits per heavy atom. The lowest BCUT2D eigenvalue weighted by Crippen LogP contribution is -2.38. The van der Waals surface area contributed by atoms with Gasteiger partial charge in [-0.1, -0.05) is 0 Å². The van der Waals surface area contributed by atoms with Gasteiger partial charge in [0, 0.05) is 31.8 Å². The lowest BCUT2D eigenvalue weighted by Gasteiger charge is -2.23. The van der Waals surface area contributed by atoms with Gasteiger partial charge in [0.25, 0.3) is 0 Å². The van der Waals surface area contributed by atoms with Crippen LogP contribution in [0.4, 0.5) is 4.39 Å². The van der Waals surface area contributed by atoms with Gasteiger partial charge in [-0.15, -0.1) is 0 Å². The fraction of sp³-hybridized carbons (Fsp3) is 0.538. The average Bonchev–Trinajstić information content (AvgIpc) is 2.99. The SMILES string of the molecule is COc1cc(F)c(S(=O)(=O)N(C)C2CCNC2)cc1OC. The molecule has 2 rings (SSSR count). The van der Waals surface area contributed by atoms with Crippen LogP contribution in [0.25, 0.3) is 0 Å². The molecule has 1 fully saturated rings. The maximum atomic E-state index is 14.1. The zero-order chi connectivity index (χ0) is 15.6. The predicted molar refractivity (Wildman–Crippen MR) is 75.7 cm³/mol. The van der Waals surface area contributed by atoms with E-state index >= 15 is 0 Å². The Balaban J connectivity index is 2.44. The topological polar surface area (TPSA) is 67.9 Å². The molecule has 21 heavy (non-hydrogen) atoms. The molecule has 6 nitrogen and oxygen atoms in total. The molecular weight excluding hydrogens is 299 g/mol. The molecule has 0 aliphatic carbocycles. The van der Waals surface area contributed by atoms with Crippen molar-refractivity contribution in [3.8, 4) is 11.5 Å². The minimum absolute atomic E-state index is 0.152. The Hall–Kier alpha value is -1.38. The van der Waals surface area contributed by atoms with Gasteiger partial charge in [0.15, 0.2) is 11.5 Å². The van der Waals surface area contributed by atoms with Crippen molar-refractivity contribution in [3.63, 3.8) is 0 Å². The van der Waals surface area contributed by atoms with Crippen molar-refractivity contribution in [1.29, 1.82) is 0 Å². The minimum Gasteiger partial charge on any atom is -0.493 e. The van der Waals surface area contributed by atoms with E-state index in [-0.39, 0.29) is 17.5 Å². The first-order chi connectivity index (χ1) is 9.91. The van der Waals surface area contributed by atoms with Gasteiger partial charge in [-0.3, -0.25) is 0 Å². The predicted octanol–water partition coefficient (Wildman–Crippen LogP) is 0.825. The third-order valence-corrected chi connectivity index (χ3v) is 5.57. The molecule has 8 heteroatoms. The number of halogens is 1. The summed E-state index contributed by atoms with van der Waals surface area (Å²) < 4.78 is 50.5. The highest BCUT2D eigenvalue weighted by molar-refractivity contribution is 7.89. The first kappa shape index (κ1) is 16.0. The summed E-state index contributed by atoms with van der Waals surface area (Å²) in [7, 11) is 0.268. The average molecular weight is 318 g/mol. The van der Waals surface area contributed by atoms with Crippen molar-refractivity contribution in [2.24, 2.45) is 0 Å². The Kier molecular flexibility index (Phi) is 4.70. The molecule has 1 aliphatic heterocycles. The van der Waals surface area contributed by atoms with Crippen LogP contribution < -0.4 is 14.8 Å². The molecule has 0 spiro atoms. The van der Waals surface area contributed by atoms with Gasteiger partial charge in [0.05, 0.1) is 14.2 Å². The molecule has 0 bridgehead atoms. The summed E-state index contributed by atoms with van der Waals surface area (Å²) in [5.41, 5.74) is 0. The molecule has 1 unspecified atom stereocenters. The Morgan fingerprint density at radius 2 is 1.90 bits per heavy atom. The van der Waals surface area contributed by atoms with Gasteiger partial charge >= 0.3 is 0 Å². The van der Waals surface area contributed by atoms with Crippen LogP contribution in [0.3, 0.4) is 0 Å². The normalized spacial score (nSPS) is 19.0. The van der Waals surface area contributed by atoms with E-state index < -0.39 is 20.7 Å². The number of ether oxygens (including phenoxy) is 2. The van der Waals surface area contributed by atoms with Crippen LogP contribution in [-0.4, -0.2) is 53.1 Å². The summed E-state index contributed by atoms with van der Waals surface area (Å²) in [6.45, 7) is 1.31. The highest BCUT2D eigenvalue weighted by atomic mass is 32.2. The molecule has 0 saturated carbocycles. The van der Waals surface area contributed by atoms with Gasteiger partial charge in [-0.25, -0.2) is 12.8 Å². The summed E-state index contributed by atoms with van der Waals surface area (Å²) >= 11 is 0. The largest absolute Gasteiger partial charge is 0.493 e. The van der Waals surface area contributed by atoms with E-state index in [1.807, 2.05) is 0 Å². The van der Waals surface area contributed by atoms with Crippen molar-refractivity contribution >= 4 is 10.0 Å². The number of hydrogen-bond acceptors (Lipinski definition) is 5. The molecule has 118 valence electrons. The Morgan fingerprint density at radius 1 is 1.29 bits per heavy atom. The van der Waals surface area contributed by atoms with Crippen molar-refractivity contribution < 1.29 is 22.3 Å². The first-order valence-electron chi connectivity index (χ1n) is 6.52. The van der Waals surface area contributed by atoms with E-state index in [0.717, 1.165) is 18.7 Å². The lowest BCUT2D eigenvalue weighted by molar-refractivity contribution is 0.348. The van der Waals surface area contributed by atoms with Gasteiger partial charge in [0.2, 0.25) is 10.0 Å². The third kappa shape index (κ3) is 2.97. The standard InChI is InChI=1S/C13H19FN2O4S/c1-16(9-4-5-15-8-9)21(17,18)13-7-12(20-3)11(19-2)6-10(13)14/h6-7,9,15H,4-5,8H2,1-3H3. The van der Waals surface area contributed by atoms with Crippen molar-refractivity contribution in [3.05, 3.63) is 17.9 Å². The highest BCUT2D eigenvalue weighted by Gasteiger charge is 2.32. The lowest BCUT2D eigenvalue weighted by atomic mass is 10.3. The summed E-state index contributed by atoms with van der Waals surface area (Å²) in [5, 5.41) is 3.09. The second kappa shape index (κ2) is 6.17. The number of methoxy groups -OCH3 is 2. The van der Waals surface area contributed by atoms with E-state index in [2.05, 4.69) is 5.32 Å². The summed E-state index contributed by atoms with van der Waals surface area (Å²) in [6.07, 6.45) is 0.699. The van der Waals surface area contributed by atoms with Crippen LogP contribution in [-0.2, 0) is 10.0 Å². The molecule has 1 aromatic carbocycles. The second-order valence-electron chi connectivity index (χ2n) is 4.81. The van der Waals surface area contributed by atoms with E-state index in [9.17, 15) is 12.8 Å². The number of hydrogen-bond donors (Lipinski definition) is 1. The minimum atomic E-state index is -3.93. The quantitative estimate of drug-likeness (QED) is 0.871. The smallest absolute Gasteiger partial charge is 0.246 e. The summed E-state index contributed by atoms with van der Waals surface area (Å²) in [4.78, 5) is -0.408. The molecule has 1 N–H and O–H groups in total. The van der Waals surface area contributed by atoms with Gasteiger partial charge < -0.3 is 14.8 Å². The van der Waals surface area contributed by atoms with Gasteiger partial charge in [-0.05, 0) is 13.0 Å². The third-order valence-electron chi connectivity index (χ3n) is 3.64. The summed E-state index contributed by atoms with van der Waals surface area (Å²) in [5.74, 6) is -0.528. The molecule has 1 aliphatic rings. The Labute approximate surface area is 123 Å². The maximum absolute atomic E-state index is 14.1. The van der Waals surface area contributed by atoms with Crippen molar-refractivity contribution in [1.82, 2.24) is 9.62 Å². The number of likely N-dealkylation sites (N-methyl/N-ethyl adjacent to an activating group) is 1. The zero-order valence-electron chi connectivity index (χ0n) is 12.2. The van der Waals surface area contributed by atoms with Gasteiger partial charge in [0.1, 0.15) is 10.7 Å². The number of nitrogens with one attached hydrogen (secondary N) is 1. The van der Waals surface area contributed by atoms with Crippen LogP contribution >= 0.6 is 0 Å².